The van der Waals surface area contributed by atoms with Gasteiger partial charge in [-0.1, -0.05) is 0 Å². The Morgan fingerprint density at radius 3 is 2.82 bits per heavy atom. The zero-order valence-corrected chi connectivity index (χ0v) is 11.4. The van der Waals surface area contributed by atoms with E-state index in [9.17, 15) is 5.11 Å². The van der Waals surface area contributed by atoms with Crippen molar-refractivity contribution in [2.75, 3.05) is 18.3 Å². The maximum Gasteiger partial charge on any atom is 0.245 e. The van der Waals surface area contributed by atoms with Crippen molar-refractivity contribution in [2.45, 2.75) is 0 Å². The molecule has 0 bridgehead atoms. The summed E-state index contributed by atoms with van der Waals surface area (Å²) in [4.78, 5) is 8.00. The minimum atomic E-state index is 0.0279. The number of benzene rings is 1. The first-order valence-electron chi connectivity index (χ1n) is 6.09. The van der Waals surface area contributed by atoms with Gasteiger partial charge in [0.05, 0.1) is 13.3 Å². The summed E-state index contributed by atoms with van der Waals surface area (Å²) in [6.45, 7) is 0. The number of nitrogen functional groups attached to an aromatic ring is 1. The smallest absolute Gasteiger partial charge is 0.245 e. The van der Waals surface area contributed by atoms with Crippen LogP contribution in [0.15, 0.2) is 27.9 Å². The number of rotatable bonds is 4. The highest BCUT2D eigenvalue weighted by Gasteiger charge is 2.09. The summed E-state index contributed by atoms with van der Waals surface area (Å²) in [6.07, 6.45) is 1.40. The monoisotopic (exact) mass is 301 g/mol. The molecule has 1 aromatic carbocycles. The van der Waals surface area contributed by atoms with E-state index in [1.807, 2.05) is 0 Å². The number of hydrogen-bond donors (Lipinski definition) is 3. The van der Waals surface area contributed by atoms with Crippen molar-refractivity contribution >= 4 is 29.1 Å². The third kappa shape index (κ3) is 2.57. The number of phenols is 1. The molecular formula is C12H11N7O3. The van der Waals surface area contributed by atoms with Crippen molar-refractivity contribution in [3.63, 3.8) is 0 Å². The summed E-state index contributed by atoms with van der Waals surface area (Å²) in [5.41, 5.74) is 9.23. The number of nitrogens with zero attached hydrogens (tertiary/aromatic N) is 5. The molecule has 0 aliphatic rings. The minimum absolute atomic E-state index is 0.0279. The molecule has 0 saturated heterocycles. The number of nitrogens with two attached hydrogens (primary N) is 1. The first-order chi connectivity index (χ1) is 10.7. The van der Waals surface area contributed by atoms with Crippen molar-refractivity contribution in [3.05, 3.63) is 23.8 Å². The second-order valence-corrected chi connectivity index (χ2v) is 4.16. The van der Waals surface area contributed by atoms with Crippen molar-refractivity contribution < 1.29 is 14.5 Å². The fraction of sp³-hybridized carbons (Fsp3) is 0.0833. The molecule has 2 heterocycles. The molecule has 10 nitrogen and oxygen atoms in total. The van der Waals surface area contributed by atoms with E-state index in [1.54, 1.807) is 12.1 Å². The number of phenolic OH excluding ortho intramolecular Hbond substituents is 1. The fourth-order valence-corrected chi connectivity index (χ4v) is 1.66. The molecule has 10 heteroatoms. The lowest BCUT2D eigenvalue weighted by Crippen LogP contribution is -2.02. The number of hydrazone groups is 1. The molecule has 3 rings (SSSR count). The van der Waals surface area contributed by atoms with E-state index < -0.39 is 0 Å². The Kier molecular flexibility index (Phi) is 3.40. The van der Waals surface area contributed by atoms with Gasteiger partial charge in [0.2, 0.25) is 11.3 Å². The average molecular weight is 301 g/mol. The lowest BCUT2D eigenvalue weighted by atomic mass is 10.2. The van der Waals surface area contributed by atoms with Crippen LogP contribution in [0.25, 0.3) is 11.3 Å². The molecule has 0 radical (unpaired) electrons. The highest BCUT2D eigenvalue weighted by Crippen LogP contribution is 2.22. The highest BCUT2D eigenvalue weighted by atomic mass is 16.6. The molecule has 0 aliphatic carbocycles. The largest absolute Gasteiger partial charge is 0.507 e. The van der Waals surface area contributed by atoms with Crippen LogP contribution in [0.5, 0.6) is 11.5 Å². The number of ether oxygens (including phenoxy) is 1. The van der Waals surface area contributed by atoms with Gasteiger partial charge in [-0.2, -0.15) is 10.1 Å². The number of anilines is 2. The Hall–Kier alpha value is -3.43. The molecule has 0 atom stereocenters. The van der Waals surface area contributed by atoms with E-state index in [1.165, 1.54) is 19.4 Å². The molecule has 0 fully saturated rings. The fourth-order valence-electron chi connectivity index (χ4n) is 1.66. The van der Waals surface area contributed by atoms with E-state index in [4.69, 9.17) is 10.5 Å². The zero-order valence-electron chi connectivity index (χ0n) is 11.4. The van der Waals surface area contributed by atoms with Gasteiger partial charge in [-0.05, 0) is 22.4 Å². The predicted molar refractivity (Wildman–Crippen MR) is 77.7 cm³/mol. The summed E-state index contributed by atoms with van der Waals surface area (Å²) in [5.74, 6) is 0.869. The van der Waals surface area contributed by atoms with Gasteiger partial charge in [-0.3, -0.25) is 5.43 Å². The number of aromatic hydroxyl groups is 1. The molecule has 22 heavy (non-hydrogen) atoms. The molecule has 0 spiro atoms. The first kappa shape index (κ1) is 13.5. The third-order valence-electron chi connectivity index (χ3n) is 2.75. The van der Waals surface area contributed by atoms with E-state index in [0.29, 0.717) is 11.3 Å². The van der Waals surface area contributed by atoms with E-state index in [0.717, 1.165) is 0 Å². The normalized spacial score (nSPS) is 11.1. The van der Waals surface area contributed by atoms with Gasteiger partial charge in [0, 0.05) is 11.6 Å². The van der Waals surface area contributed by atoms with Crippen LogP contribution in [-0.2, 0) is 0 Å². The first-order valence-corrected chi connectivity index (χ1v) is 6.09. The Bertz CT molecular complexity index is 846. The third-order valence-corrected chi connectivity index (χ3v) is 2.75. The summed E-state index contributed by atoms with van der Waals surface area (Å²) in [6, 6.07) is 4.82. The number of fused-ring (bicyclic) bond motifs is 1. The molecule has 112 valence electrons. The number of hydrogen-bond acceptors (Lipinski definition) is 10. The lowest BCUT2D eigenvalue weighted by Gasteiger charge is -2.03. The lowest BCUT2D eigenvalue weighted by molar-refractivity contribution is 0.314. The second-order valence-electron chi connectivity index (χ2n) is 4.16. The van der Waals surface area contributed by atoms with Crippen molar-refractivity contribution in [3.8, 4) is 11.5 Å². The summed E-state index contributed by atoms with van der Waals surface area (Å²) in [5, 5.41) is 20.8. The Morgan fingerprint density at radius 1 is 1.32 bits per heavy atom. The van der Waals surface area contributed by atoms with Gasteiger partial charge in [0.15, 0.2) is 11.6 Å². The van der Waals surface area contributed by atoms with Crippen molar-refractivity contribution in [2.24, 2.45) is 5.10 Å². The minimum Gasteiger partial charge on any atom is -0.507 e. The second kappa shape index (κ2) is 5.52. The Morgan fingerprint density at radius 2 is 2.09 bits per heavy atom. The summed E-state index contributed by atoms with van der Waals surface area (Å²) in [7, 11) is 1.51. The van der Waals surface area contributed by atoms with Crippen LogP contribution < -0.4 is 15.9 Å². The van der Waals surface area contributed by atoms with Crippen LogP contribution >= 0.6 is 0 Å². The number of nitrogens with one attached hydrogen (secondary N) is 1. The topological polar surface area (TPSA) is 145 Å². The quantitative estimate of drug-likeness (QED) is 0.469. The standard InChI is InChI=1S/C12H11N7O3/c1-21-7-3-2-6(8(20)4-7)5-14-17-10-9(13)15-11-12(16-10)19-22-18-11/h2-5,20H,1H3,(H2,13,15,18)(H,16,17,19)/b14-5+. The molecular weight excluding hydrogens is 290 g/mol. The van der Waals surface area contributed by atoms with Crippen LogP contribution in [0.3, 0.4) is 0 Å². The van der Waals surface area contributed by atoms with E-state index in [-0.39, 0.29) is 28.7 Å². The summed E-state index contributed by atoms with van der Waals surface area (Å²) >= 11 is 0. The van der Waals surface area contributed by atoms with Gasteiger partial charge in [0.1, 0.15) is 11.5 Å². The highest BCUT2D eigenvalue weighted by molar-refractivity contribution is 5.84. The van der Waals surface area contributed by atoms with Crippen LogP contribution in [0.4, 0.5) is 11.6 Å². The van der Waals surface area contributed by atoms with Crippen molar-refractivity contribution in [1.82, 2.24) is 20.3 Å². The van der Waals surface area contributed by atoms with Crippen LogP contribution in [0, 0.1) is 0 Å². The molecule has 0 saturated carbocycles. The van der Waals surface area contributed by atoms with Crippen molar-refractivity contribution in [1.29, 1.82) is 0 Å². The Balaban J connectivity index is 1.79. The van der Waals surface area contributed by atoms with E-state index >= 15 is 0 Å². The van der Waals surface area contributed by atoms with Gasteiger partial charge in [-0.25, -0.2) is 9.61 Å². The van der Waals surface area contributed by atoms with Gasteiger partial charge in [-0.15, -0.1) is 0 Å². The number of methoxy groups -OCH3 is 1. The molecule has 0 aliphatic heterocycles. The van der Waals surface area contributed by atoms with Gasteiger partial charge in [0.25, 0.3) is 0 Å². The van der Waals surface area contributed by atoms with Crippen LogP contribution in [0.1, 0.15) is 5.56 Å². The van der Waals surface area contributed by atoms with Gasteiger partial charge >= 0.3 is 0 Å². The van der Waals surface area contributed by atoms with Crippen LogP contribution in [0.2, 0.25) is 0 Å². The molecule has 4 N–H and O–H groups in total. The SMILES string of the molecule is COc1ccc(/C=N/Nc2nc3nonc3nc2N)c(O)c1. The van der Waals surface area contributed by atoms with Gasteiger partial charge < -0.3 is 15.6 Å². The molecule has 2 aromatic heterocycles. The summed E-state index contributed by atoms with van der Waals surface area (Å²) < 4.78 is 9.49. The predicted octanol–water partition coefficient (Wildman–Crippen LogP) is 0.755. The number of aromatic nitrogens is 4. The maximum atomic E-state index is 9.81. The molecule has 0 unspecified atom stereocenters. The average Bonchev–Trinajstić information content (AvgIpc) is 2.96. The molecule has 3 aromatic rings. The molecule has 0 amide bonds. The van der Waals surface area contributed by atoms with Crippen LogP contribution in [-0.4, -0.2) is 38.7 Å². The maximum absolute atomic E-state index is 9.81. The van der Waals surface area contributed by atoms with E-state index in [2.05, 4.69) is 35.4 Å². The zero-order chi connectivity index (χ0) is 15.5. The Labute approximate surface area is 123 Å².